The Hall–Kier alpha value is -1.43. The molecular weight excluding hydrogens is 216 g/mol. The van der Waals surface area contributed by atoms with Gasteiger partial charge in [-0.3, -0.25) is 4.79 Å². The molecule has 6 heteroatoms. The lowest BCUT2D eigenvalue weighted by Crippen LogP contribution is -2.16. The molecule has 1 heterocycles. The Balaban J connectivity index is 3.15. The summed E-state index contributed by atoms with van der Waals surface area (Å²) in [6.45, 7) is 3.16. The predicted molar refractivity (Wildman–Crippen MR) is 55.1 cm³/mol. The van der Waals surface area contributed by atoms with E-state index in [1.807, 2.05) is 0 Å². The van der Waals surface area contributed by atoms with Crippen molar-refractivity contribution in [1.82, 2.24) is 4.98 Å². The van der Waals surface area contributed by atoms with Crippen LogP contribution >= 0.6 is 0 Å². The normalized spacial score (nSPS) is 11.7. The van der Waals surface area contributed by atoms with Gasteiger partial charge < -0.3 is 5.73 Å². The fourth-order valence-electron chi connectivity index (χ4n) is 0.967. The molecule has 0 aliphatic carbocycles. The molecule has 1 rings (SSSR count). The summed E-state index contributed by atoms with van der Waals surface area (Å²) in [7, 11) is -3.33. The van der Waals surface area contributed by atoms with Crippen LogP contribution in [-0.4, -0.2) is 24.6 Å². The van der Waals surface area contributed by atoms with Crippen LogP contribution in [0.15, 0.2) is 23.2 Å². The zero-order valence-electron chi connectivity index (χ0n) is 8.47. The smallest absolute Gasteiger partial charge is 0.267 e. The number of pyridine rings is 1. The van der Waals surface area contributed by atoms with E-state index in [9.17, 15) is 13.2 Å². The van der Waals surface area contributed by atoms with Crippen molar-refractivity contribution in [3.8, 4) is 0 Å². The van der Waals surface area contributed by atoms with E-state index < -0.39 is 21.0 Å². The first-order valence-electron chi connectivity index (χ1n) is 4.35. The summed E-state index contributed by atoms with van der Waals surface area (Å²) in [4.78, 5) is 14.5. The maximum absolute atomic E-state index is 11.7. The molecule has 1 amide bonds. The van der Waals surface area contributed by atoms with Crippen molar-refractivity contribution in [3.63, 3.8) is 0 Å². The summed E-state index contributed by atoms with van der Waals surface area (Å²) in [5.74, 6) is -0.677. The van der Waals surface area contributed by atoms with Gasteiger partial charge in [0.2, 0.25) is 0 Å². The van der Waals surface area contributed by atoms with Gasteiger partial charge in [-0.05, 0) is 26.0 Å². The van der Waals surface area contributed by atoms with Crippen molar-refractivity contribution < 1.29 is 13.2 Å². The minimum Gasteiger partial charge on any atom is -0.364 e. The molecule has 2 N–H and O–H groups in total. The number of aromatic nitrogens is 1. The van der Waals surface area contributed by atoms with Crippen LogP contribution in [0.4, 0.5) is 0 Å². The van der Waals surface area contributed by atoms with Crippen LogP contribution in [-0.2, 0) is 9.84 Å². The molecule has 0 atom stereocenters. The lowest BCUT2D eigenvalue weighted by Gasteiger charge is -2.06. The second kappa shape index (κ2) is 3.98. The van der Waals surface area contributed by atoms with Gasteiger partial charge in [0.15, 0.2) is 9.84 Å². The van der Waals surface area contributed by atoms with E-state index >= 15 is 0 Å². The zero-order chi connectivity index (χ0) is 11.6. The molecule has 0 bridgehead atoms. The highest BCUT2D eigenvalue weighted by molar-refractivity contribution is 7.92. The SMILES string of the molecule is CC(C)S(=O)(=O)c1ccc(C(N)=O)nc1. The molecule has 82 valence electrons. The van der Waals surface area contributed by atoms with Crippen LogP contribution in [0.2, 0.25) is 0 Å². The molecule has 0 unspecified atom stereocenters. The van der Waals surface area contributed by atoms with Crippen molar-refractivity contribution in [2.45, 2.75) is 24.0 Å². The third-order valence-electron chi connectivity index (χ3n) is 1.94. The number of nitrogens with two attached hydrogens (primary N) is 1. The fourth-order valence-corrected chi connectivity index (χ4v) is 1.97. The molecule has 1 aromatic rings. The minimum atomic E-state index is -3.33. The van der Waals surface area contributed by atoms with E-state index in [0.717, 1.165) is 6.20 Å². The molecule has 1 aromatic heterocycles. The van der Waals surface area contributed by atoms with E-state index in [4.69, 9.17) is 5.73 Å². The van der Waals surface area contributed by atoms with Crippen molar-refractivity contribution >= 4 is 15.7 Å². The lowest BCUT2D eigenvalue weighted by molar-refractivity contribution is 0.0995. The molecule has 0 aromatic carbocycles. The predicted octanol–water partition coefficient (Wildman–Crippen LogP) is 0.363. The van der Waals surface area contributed by atoms with E-state index in [1.165, 1.54) is 12.1 Å². The first-order chi connectivity index (χ1) is 6.85. The summed E-state index contributed by atoms with van der Waals surface area (Å²) >= 11 is 0. The molecular formula is C9H12N2O3S. The Morgan fingerprint density at radius 3 is 2.33 bits per heavy atom. The summed E-state index contributed by atoms with van der Waals surface area (Å²) in [6.07, 6.45) is 1.15. The van der Waals surface area contributed by atoms with E-state index in [0.29, 0.717) is 0 Å². The minimum absolute atomic E-state index is 0.0534. The maximum Gasteiger partial charge on any atom is 0.267 e. The topological polar surface area (TPSA) is 90.1 Å². The highest BCUT2D eigenvalue weighted by Gasteiger charge is 2.19. The Kier molecular flexibility index (Phi) is 3.09. The average Bonchev–Trinajstić information content (AvgIpc) is 2.17. The average molecular weight is 228 g/mol. The van der Waals surface area contributed by atoms with Gasteiger partial charge in [-0.1, -0.05) is 0 Å². The van der Waals surface area contributed by atoms with Crippen molar-refractivity contribution in [2.24, 2.45) is 5.73 Å². The van der Waals surface area contributed by atoms with Gasteiger partial charge in [-0.25, -0.2) is 13.4 Å². The largest absolute Gasteiger partial charge is 0.364 e. The lowest BCUT2D eigenvalue weighted by atomic mass is 10.3. The highest BCUT2D eigenvalue weighted by Crippen LogP contribution is 2.14. The van der Waals surface area contributed by atoms with Gasteiger partial charge in [-0.15, -0.1) is 0 Å². The number of hydrogen-bond donors (Lipinski definition) is 1. The Morgan fingerprint density at radius 2 is 2.00 bits per heavy atom. The molecule has 0 spiro atoms. The monoisotopic (exact) mass is 228 g/mol. The molecule has 0 aliphatic rings. The van der Waals surface area contributed by atoms with Crippen molar-refractivity contribution in [2.75, 3.05) is 0 Å². The number of nitrogens with zero attached hydrogens (tertiary/aromatic N) is 1. The van der Waals surface area contributed by atoms with Crippen LogP contribution in [0.1, 0.15) is 24.3 Å². The number of carbonyl (C=O) groups is 1. The Morgan fingerprint density at radius 1 is 1.40 bits per heavy atom. The van der Waals surface area contributed by atoms with E-state index in [2.05, 4.69) is 4.98 Å². The van der Waals surface area contributed by atoms with E-state index in [-0.39, 0.29) is 10.6 Å². The summed E-state index contributed by atoms with van der Waals surface area (Å²) in [5.41, 5.74) is 5.04. The second-order valence-electron chi connectivity index (χ2n) is 3.34. The van der Waals surface area contributed by atoms with Gasteiger partial charge >= 0.3 is 0 Å². The second-order valence-corrected chi connectivity index (χ2v) is 5.84. The quantitative estimate of drug-likeness (QED) is 0.808. The Labute approximate surface area is 88.2 Å². The number of rotatable bonds is 3. The molecule has 0 fully saturated rings. The molecule has 15 heavy (non-hydrogen) atoms. The van der Waals surface area contributed by atoms with Gasteiger partial charge in [0.25, 0.3) is 5.91 Å². The number of carbonyl (C=O) groups excluding carboxylic acids is 1. The van der Waals surface area contributed by atoms with E-state index in [1.54, 1.807) is 13.8 Å². The van der Waals surface area contributed by atoms with Gasteiger partial charge in [0, 0.05) is 6.20 Å². The highest BCUT2D eigenvalue weighted by atomic mass is 32.2. The fraction of sp³-hybridized carbons (Fsp3) is 0.333. The number of amides is 1. The van der Waals surface area contributed by atoms with Gasteiger partial charge in [-0.2, -0.15) is 0 Å². The molecule has 0 saturated heterocycles. The van der Waals surface area contributed by atoms with Crippen LogP contribution in [0.5, 0.6) is 0 Å². The van der Waals surface area contributed by atoms with Crippen LogP contribution in [0, 0.1) is 0 Å². The molecule has 0 radical (unpaired) electrons. The van der Waals surface area contributed by atoms with Crippen LogP contribution in [0.3, 0.4) is 0 Å². The molecule has 0 aliphatic heterocycles. The summed E-state index contributed by atoms with van der Waals surface area (Å²) < 4.78 is 23.3. The summed E-state index contributed by atoms with van der Waals surface area (Å²) in [6, 6.07) is 2.64. The number of primary amides is 1. The first kappa shape index (κ1) is 11.6. The van der Waals surface area contributed by atoms with Crippen LogP contribution < -0.4 is 5.73 Å². The first-order valence-corrected chi connectivity index (χ1v) is 5.90. The third-order valence-corrected chi connectivity index (χ3v) is 4.08. The van der Waals surface area contributed by atoms with Gasteiger partial charge in [0.1, 0.15) is 5.69 Å². The number of sulfone groups is 1. The van der Waals surface area contributed by atoms with Crippen LogP contribution in [0.25, 0.3) is 0 Å². The number of hydrogen-bond acceptors (Lipinski definition) is 4. The third kappa shape index (κ3) is 2.33. The molecule has 0 saturated carbocycles. The Bertz CT molecular complexity index is 463. The zero-order valence-corrected chi connectivity index (χ0v) is 9.28. The van der Waals surface area contributed by atoms with Crippen molar-refractivity contribution in [3.05, 3.63) is 24.0 Å². The molecule has 5 nitrogen and oxygen atoms in total. The van der Waals surface area contributed by atoms with Gasteiger partial charge in [0.05, 0.1) is 10.1 Å². The summed E-state index contributed by atoms with van der Waals surface area (Å²) in [5, 5.41) is -0.515. The van der Waals surface area contributed by atoms with Crippen molar-refractivity contribution in [1.29, 1.82) is 0 Å². The standard InChI is InChI=1S/C9H12N2O3S/c1-6(2)15(13,14)7-3-4-8(9(10)12)11-5-7/h3-6H,1-2H3,(H2,10,12). The maximum atomic E-state index is 11.7.